The van der Waals surface area contributed by atoms with E-state index in [2.05, 4.69) is 33.0 Å². The lowest BCUT2D eigenvalue weighted by atomic mass is 10.0. The molecule has 1 unspecified atom stereocenters. The second-order valence-electron chi connectivity index (χ2n) is 6.35. The standard InChI is InChI=1S/C16H28N2OS/c1-5-8-17-11-14-13(10-12(2)3)18-15(20-14)16(4)7-6-9-19-16/h12,17H,5-11H2,1-4H3. The van der Waals surface area contributed by atoms with E-state index in [9.17, 15) is 0 Å². The van der Waals surface area contributed by atoms with Gasteiger partial charge in [-0.25, -0.2) is 4.98 Å². The maximum Gasteiger partial charge on any atom is 0.125 e. The molecule has 1 fully saturated rings. The molecule has 114 valence electrons. The molecule has 1 saturated heterocycles. The molecule has 0 spiro atoms. The molecule has 0 amide bonds. The van der Waals surface area contributed by atoms with Crippen LogP contribution in [0.2, 0.25) is 0 Å². The summed E-state index contributed by atoms with van der Waals surface area (Å²) in [6.45, 7) is 11.8. The second kappa shape index (κ2) is 7.01. The zero-order chi connectivity index (χ0) is 14.6. The molecule has 1 aliphatic rings. The van der Waals surface area contributed by atoms with Crippen LogP contribution < -0.4 is 5.32 Å². The van der Waals surface area contributed by atoms with Gasteiger partial charge in [-0.2, -0.15) is 0 Å². The van der Waals surface area contributed by atoms with Crippen LogP contribution in [0.5, 0.6) is 0 Å². The summed E-state index contributed by atoms with van der Waals surface area (Å²) >= 11 is 1.85. The van der Waals surface area contributed by atoms with E-state index in [-0.39, 0.29) is 5.60 Å². The van der Waals surface area contributed by atoms with Crippen molar-refractivity contribution in [1.82, 2.24) is 10.3 Å². The maximum absolute atomic E-state index is 5.95. The molecule has 0 bridgehead atoms. The summed E-state index contributed by atoms with van der Waals surface area (Å²) in [4.78, 5) is 6.34. The summed E-state index contributed by atoms with van der Waals surface area (Å²) in [6.07, 6.45) is 4.49. The Morgan fingerprint density at radius 3 is 2.85 bits per heavy atom. The first-order valence-electron chi connectivity index (χ1n) is 7.89. The Bertz CT molecular complexity index is 422. The fourth-order valence-electron chi connectivity index (χ4n) is 2.62. The highest BCUT2D eigenvalue weighted by atomic mass is 32.1. The van der Waals surface area contributed by atoms with Gasteiger partial charge >= 0.3 is 0 Å². The molecule has 0 aromatic carbocycles. The smallest absolute Gasteiger partial charge is 0.125 e. The van der Waals surface area contributed by atoms with Crippen molar-refractivity contribution in [2.45, 2.75) is 65.5 Å². The first-order chi connectivity index (χ1) is 9.55. The van der Waals surface area contributed by atoms with Gasteiger partial charge < -0.3 is 10.1 Å². The Labute approximate surface area is 127 Å². The van der Waals surface area contributed by atoms with Gasteiger partial charge in [0.05, 0.1) is 5.69 Å². The molecule has 1 N–H and O–H groups in total. The van der Waals surface area contributed by atoms with Crippen LogP contribution in [0, 0.1) is 5.92 Å². The van der Waals surface area contributed by atoms with Crippen molar-refractivity contribution < 1.29 is 4.74 Å². The van der Waals surface area contributed by atoms with Crippen LogP contribution in [0.3, 0.4) is 0 Å². The van der Waals surface area contributed by atoms with E-state index in [4.69, 9.17) is 9.72 Å². The highest BCUT2D eigenvalue weighted by Gasteiger charge is 2.35. The van der Waals surface area contributed by atoms with Gasteiger partial charge in [-0.3, -0.25) is 0 Å². The number of hydrogen-bond donors (Lipinski definition) is 1. The summed E-state index contributed by atoms with van der Waals surface area (Å²) in [5, 5.41) is 4.69. The third-order valence-corrected chi connectivity index (χ3v) is 5.11. The van der Waals surface area contributed by atoms with E-state index in [1.807, 2.05) is 11.3 Å². The predicted octanol–water partition coefficient (Wildman–Crippen LogP) is 3.87. The molecule has 2 rings (SSSR count). The minimum Gasteiger partial charge on any atom is -0.368 e. The lowest BCUT2D eigenvalue weighted by Crippen LogP contribution is -2.19. The Kier molecular flexibility index (Phi) is 5.58. The van der Waals surface area contributed by atoms with Crippen LogP contribution >= 0.6 is 11.3 Å². The van der Waals surface area contributed by atoms with Gasteiger partial charge in [0, 0.05) is 18.0 Å². The third kappa shape index (κ3) is 3.80. The van der Waals surface area contributed by atoms with Gasteiger partial charge in [0.25, 0.3) is 0 Å². The number of aromatic nitrogens is 1. The van der Waals surface area contributed by atoms with Crippen molar-refractivity contribution in [3.05, 3.63) is 15.6 Å². The van der Waals surface area contributed by atoms with E-state index in [0.29, 0.717) is 5.92 Å². The molecular weight excluding hydrogens is 268 g/mol. The van der Waals surface area contributed by atoms with Crippen LogP contribution in [0.25, 0.3) is 0 Å². The van der Waals surface area contributed by atoms with Gasteiger partial charge in [-0.05, 0) is 45.1 Å². The van der Waals surface area contributed by atoms with Crippen molar-refractivity contribution in [2.75, 3.05) is 13.2 Å². The van der Waals surface area contributed by atoms with E-state index in [1.165, 1.54) is 22.0 Å². The Morgan fingerprint density at radius 1 is 1.45 bits per heavy atom. The van der Waals surface area contributed by atoms with E-state index in [0.717, 1.165) is 39.0 Å². The van der Waals surface area contributed by atoms with Crippen molar-refractivity contribution in [2.24, 2.45) is 5.92 Å². The summed E-state index contributed by atoms with van der Waals surface area (Å²) < 4.78 is 5.95. The quantitative estimate of drug-likeness (QED) is 0.776. The van der Waals surface area contributed by atoms with Crippen molar-refractivity contribution in [3.63, 3.8) is 0 Å². The molecular formula is C16H28N2OS. The first kappa shape index (κ1) is 15.9. The zero-order valence-corrected chi connectivity index (χ0v) is 14.1. The Morgan fingerprint density at radius 2 is 2.25 bits per heavy atom. The average Bonchev–Trinajstić information content (AvgIpc) is 2.98. The predicted molar refractivity (Wildman–Crippen MR) is 85.2 cm³/mol. The molecule has 1 aliphatic heterocycles. The number of nitrogens with zero attached hydrogens (tertiary/aromatic N) is 1. The third-order valence-electron chi connectivity index (χ3n) is 3.76. The molecule has 3 nitrogen and oxygen atoms in total. The number of hydrogen-bond acceptors (Lipinski definition) is 4. The number of thiazole rings is 1. The SMILES string of the molecule is CCCNCc1sc(C2(C)CCCO2)nc1CC(C)C. The van der Waals surface area contributed by atoms with Crippen molar-refractivity contribution in [3.8, 4) is 0 Å². The summed E-state index contributed by atoms with van der Waals surface area (Å²) in [6, 6.07) is 0. The van der Waals surface area contributed by atoms with Gasteiger partial charge in [-0.15, -0.1) is 11.3 Å². The number of rotatable bonds is 7. The minimum atomic E-state index is -0.139. The lowest BCUT2D eigenvalue weighted by Gasteiger charge is -2.19. The van der Waals surface area contributed by atoms with Gasteiger partial charge in [0.1, 0.15) is 10.6 Å². The highest BCUT2D eigenvalue weighted by molar-refractivity contribution is 7.11. The summed E-state index contributed by atoms with van der Waals surface area (Å²) in [5.41, 5.74) is 1.14. The fourth-order valence-corrected chi connectivity index (χ4v) is 3.81. The topological polar surface area (TPSA) is 34.1 Å². The second-order valence-corrected chi connectivity index (χ2v) is 7.43. The van der Waals surface area contributed by atoms with Crippen LogP contribution in [-0.4, -0.2) is 18.1 Å². The zero-order valence-electron chi connectivity index (χ0n) is 13.3. The Balaban J connectivity index is 2.17. The van der Waals surface area contributed by atoms with Crippen LogP contribution in [0.15, 0.2) is 0 Å². The van der Waals surface area contributed by atoms with Crippen LogP contribution in [0.1, 0.15) is 62.5 Å². The van der Waals surface area contributed by atoms with E-state index >= 15 is 0 Å². The molecule has 1 atom stereocenters. The summed E-state index contributed by atoms with van der Waals surface area (Å²) in [5.74, 6) is 0.646. The molecule has 2 heterocycles. The molecule has 0 saturated carbocycles. The van der Waals surface area contributed by atoms with Crippen molar-refractivity contribution >= 4 is 11.3 Å². The van der Waals surface area contributed by atoms with Crippen LogP contribution in [-0.2, 0) is 23.3 Å². The molecule has 0 radical (unpaired) electrons. The number of nitrogens with one attached hydrogen (secondary N) is 1. The molecule has 4 heteroatoms. The first-order valence-corrected chi connectivity index (χ1v) is 8.70. The highest BCUT2D eigenvalue weighted by Crippen LogP contribution is 2.39. The lowest BCUT2D eigenvalue weighted by molar-refractivity contribution is 0.0165. The van der Waals surface area contributed by atoms with E-state index < -0.39 is 0 Å². The molecule has 1 aromatic rings. The largest absolute Gasteiger partial charge is 0.368 e. The fraction of sp³-hybridized carbons (Fsp3) is 0.812. The van der Waals surface area contributed by atoms with Gasteiger partial charge in [0.15, 0.2) is 0 Å². The van der Waals surface area contributed by atoms with Gasteiger partial charge in [-0.1, -0.05) is 20.8 Å². The minimum absolute atomic E-state index is 0.139. The van der Waals surface area contributed by atoms with Crippen molar-refractivity contribution in [1.29, 1.82) is 0 Å². The molecule has 20 heavy (non-hydrogen) atoms. The summed E-state index contributed by atoms with van der Waals surface area (Å²) in [7, 11) is 0. The van der Waals surface area contributed by atoms with E-state index in [1.54, 1.807) is 0 Å². The maximum atomic E-state index is 5.95. The average molecular weight is 296 g/mol. The molecule has 0 aliphatic carbocycles. The van der Waals surface area contributed by atoms with Gasteiger partial charge in [0.2, 0.25) is 0 Å². The van der Waals surface area contributed by atoms with Crippen LogP contribution in [0.4, 0.5) is 0 Å². The normalized spacial score (nSPS) is 22.9. The monoisotopic (exact) mass is 296 g/mol. The Hall–Kier alpha value is -0.450. The molecule has 1 aromatic heterocycles. The number of ether oxygens (including phenoxy) is 1.